The van der Waals surface area contributed by atoms with Crippen molar-refractivity contribution in [3.63, 3.8) is 0 Å². The van der Waals surface area contributed by atoms with Crippen LogP contribution >= 0.6 is 0 Å². The zero-order valence-corrected chi connectivity index (χ0v) is 27.5. The van der Waals surface area contributed by atoms with Crippen molar-refractivity contribution >= 4 is 19.0 Å². The Morgan fingerprint density at radius 2 is 1.81 bits per heavy atom. The molecule has 6 aliphatic rings. The molecule has 6 fully saturated rings. The Kier molecular flexibility index (Phi) is 8.20. The van der Waals surface area contributed by atoms with Crippen molar-refractivity contribution in [3.8, 4) is 5.75 Å². The second kappa shape index (κ2) is 11.4. The molecule has 2 bridgehead atoms. The minimum Gasteiger partial charge on any atom is -0.486 e. The molecule has 4 saturated carbocycles. The Morgan fingerprint density at radius 3 is 2.49 bits per heavy atom. The van der Waals surface area contributed by atoms with Gasteiger partial charge in [0.1, 0.15) is 23.0 Å². The molecule has 2 saturated heterocycles. The summed E-state index contributed by atoms with van der Waals surface area (Å²) >= 11 is 0. The van der Waals surface area contributed by atoms with Crippen LogP contribution in [0.15, 0.2) is 12.1 Å². The van der Waals surface area contributed by atoms with E-state index in [2.05, 4.69) is 26.8 Å². The number of rotatable bonds is 9. The normalized spacial score (nSPS) is 30.1. The molecule has 0 N–H and O–H groups in total. The van der Waals surface area contributed by atoms with Gasteiger partial charge >= 0.3 is 13.1 Å². The number of carbonyl (C=O) groups is 2. The summed E-state index contributed by atoms with van der Waals surface area (Å²) in [6.45, 7) is 15.8. The summed E-state index contributed by atoms with van der Waals surface area (Å²) in [5.41, 5.74) is 1.91. The van der Waals surface area contributed by atoms with Crippen molar-refractivity contribution in [1.29, 1.82) is 0 Å². The highest BCUT2D eigenvalue weighted by molar-refractivity contribution is 6.45. The summed E-state index contributed by atoms with van der Waals surface area (Å²) in [4.78, 5) is 28.1. The van der Waals surface area contributed by atoms with Crippen LogP contribution in [-0.2, 0) is 25.3 Å². The van der Waals surface area contributed by atoms with E-state index in [4.69, 9.17) is 18.8 Å². The van der Waals surface area contributed by atoms with Gasteiger partial charge in [-0.3, -0.25) is 4.79 Å². The molecular weight excluding hydrogens is 541 g/mol. The first kappa shape index (κ1) is 30.9. The molecule has 0 radical (unpaired) electrons. The van der Waals surface area contributed by atoms with Gasteiger partial charge in [-0.05, 0) is 107 Å². The van der Waals surface area contributed by atoms with Crippen LogP contribution in [0.25, 0.3) is 0 Å². The second-order valence-electron chi connectivity index (χ2n) is 15.9. The van der Waals surface area contributed by atoms with Crippen molar-refractivity contribution in [1.82, 2.24) is 4.90 Å². The van der Waals surface area contributed by atoms with E-state index >= 15 is 0 Å². The molecule has 7 rings (SSSR count). The second-order valence-corrected chi connectivity index (χ2v) is 15.9. The van der Waals surface area contributed by atoms with Crippen molar-refractivity contribution in [2.75, 3.05) is 13.1 Å². The summed E-state index contributed by atoms with van der Waals surface area (Å²) in [5, 5.41) is 0. The average molecular weight is 594 g/mol. The van der Waals surface area contributed by atoms with Gasteiger partial charge < -0.3 is 23.7 Å². The Hall–Kier alpha value is -2.06. The van der Waals surface area contributed by atoms with Gasteiger partial charge in [0.25, 0.3) is 0 Å². The Balaban J connectivity index is 1.09. The first-order valence-corrected chi connectivity index (χ1v) is 16.9. The highest BCUT2D eigenvalue weighted by Crippen LogP contribution is 2.65. The van der Waals surface area contributed by atoms with Crippen molar-refractivity contribution < 1.29 is 28.4 Å². The van der Waals surface area contributed by atoms with Gasteiger partial charge in [-0.25, -0.2) is 4.79 Å². The Labute approximate surface area is 258 Å². The molecule has 2 heterocycles. The van der Waals surface area contributed by atoms with E-state index in [0.29, 0.717) is 48.1 Å². The monoisotopic (exact) mass is 593 g/mol. The van der Waals surface area contributed by atoms with E-state index in [1.165, 1.54) is 32.1 Å². The standard InChI is InChI=1S/C35H52BNO6/c1-22-24(16-17-36-42-29-19-25-18-28(34(25,5)6)35(29,7)43-36)13-14-27(31(22)32(39)41-33(2,3)4)40-26-20-37(21-26)30(38)15-12-23-10-8-9-11-23/h13-14,23,25-26,28-29H,8-12,15-21H2,1-7H3/t25-,28-,29+,35-/m0/s1. The third kappa shape index (κ3) is 6.00. The fourth-order valence-corrected chi connectivity index (χ4v) is 8.71. The number of hydrogen-bond donors (Lipinski definition) is 0. The summed E-state index contributed by atoms with van der Waals surface area (Å²) in [7, 11) is -0.238. The van der Waals surface area contributed by atoms with E-state index in [-0.39, 0.29) is 36.8 Å². The maximum Gasteiger partial charge on any atom is 0.457 e. The lowest BCUT2D eigenvalue weighted by Crippen LogP contribution is -2.65. The number of likely N-dealkylation sites (tertiary alicyclic amines) is 1. The zero-order chi connectivity index (χ0) is 30.7. The van der Waals surface area contributed by atoms with E-state index in [1.807, 2.05) is 38.7 Å². The molecule has 0 spiro atoms. The summed E-state index contributed by atoms with van der Waals surface area (Å²) in [6.07, 6.45) is 10.6. The van der Waals surface area contributed by atoms with Crippen LogP contribution in [0.2, 0.25) is 6.32 Å². The van der Waals surface area contributed by atoms with E-state index in [9.17, 15) is 9.59 Å². The predicted molar refractivity (Wildman–Crippen MR) is 167 cm³/mol. The molecule has 1 aromatic rings. The molecule has 0 unspecified atom stereocenters. The summed E-state index contributed by atoms with van der Waals surface area (Å²) < 4.78 is 25.3. The number of benzene rings is 1. The third-order valence-electron chi connectivity index (χ3n) is 11.5. The van der Waals surface area contributed by atoms with Gasteiger partial charge in [0.15, 0.2) is 0 Å². The van der Waals surface area contributed by atoms with Crippen molar-refractivity contribution in [3.05, 3.63) is 28.8 Å². The number of hydrogen-bond acceptors (Lipinski definition) is 6. The molecule has 8 heteroatoms. The van der Waals surface area contributed by atoms with Crippen molar-refractivity contribution in [2.45, 2.75) is 136 Å². The van der Waals surface area contributed by atoms with Crippen LogP contribution in [-0.4, -0.2) is 60.4 Å². The highest BCUT2D eigenvalue weighted by Gasteiger charge is 2.67. The fraction of sp³-hybridized carbons (Fsp3) is 0.771. The Morgan fingerprint density at radius 1 is 1.09 bits per heavy atom. The highest BCUT2D eigenvalue weighted by atomic mass is 16.7. The minimum absolute atomic E-state index is 0.123. The van der Waals surface area contributed by atoms with Crippen molar-refractivity contribution in [2.24, 2.45) is 23.2 Å². The topological polar surface area (TPSA) is 74.3 Å². The average Bonchev–Trinajstić information content (AvgIpc) is 3.54. The van der Waals surface area contributed by atoms with Gasteiger partial charge in [0.05, 0.1) is 24.8 Å². The number of ether oxygens (including phenoxy) is 2. The van der Waals surface area contributed by atoms with Crippen LogP contribution < -0.4 is 4.74 Å². The maximum atomic E-state index is 13.5. The Bertz CT molecular complexity index is 1230. The molecule has 43 heavy (non-hydrogen) atoms. The number of esters is 1. The van der Waals surface area contributed by atoms with Gasteiger partial charge in [-0.15, -0.1) is 0 Å². The van der Waals surface area contributed by atoms with Crippen LogP contribution in [0.4, 0.5) is 0 Å². The molecule has 1 aromatic carbocycles. The van der Waals surface area contributed by atoms with Crippen LogP contribution in [0.3, 0.4) is 0 Å². The largest absolute Gasteiger partial charge is 0.486 e. The maximum absolute atomic E-state index is 13.5. The zero-order valence-electron chi connectivity index (χ0n) is 27.5. The van der Waals surface area contributed by atoms with Gasteiger partial charge in [0.2, 0.25) is 5.91 Å². The van der Waals surface area contributed by atoms with Crippen LogP contribution in [0, 0.1) is 30.1 Å². The predicted octanol–water partition coefficient (Wildman–Crippen LogP) is 6.78. The van der Waals surface area contributed by atoms with Crippen LogP contribution in [0.5, 0.6) is 5.75 Å². The number of amides is 1. The molecule has 4 aliphatic carbocycles. The molecular formula is C35H52BNO6. The molecule has 236 valence electrons. The van der Waals surface area contributed by atoms with Gasteiger partial charge in [-0.1, -0.05) is 45.6 Å². The van der Waals surface area contributed by atoms with Gasteiger partial charge in [-0.2, -0.15) is 0 Å². The van der Waals surface area contributed by atoms with E-state index < -0.39 is 5.60 Å². The first-order valence-electron chi connectivity index (χ1n) is 16.9. The fourth-order valence-electron chi connectivity index (χ4n) is 8.71. The summed E-state index contributed by atoms with van der Waals surface area (Å²) in [5.74, 6) is 2.35. The van der Waals surface area contributed by atoms with E-state index in [1.54, 1.807) is 0 Å². The molecule has 4 atom stereocenters. The SMILES string of the molecule is Cc1c(CCB2O[C@@H]3C[C@@H]4C[C@@H](C4(C)C)[C@]3(C)O2)ccc(OC2CN(C(=O)CCC3CCCC3)C2)c1C(=O)OC(C)(C)C. The lowest BCUT2D eigenvalue weighted by atomic mass is 9.43. The number of nitrogens with zero attached hydrogens (tertiary/aromatic N) is 1. The molecule has 1 amide bonds. The number of carbonyl (C=O) groups excluding carboxylic acids is 2. The first-order chi connectivity index (χ1) is 20.2. The smallest absolute Gasteiger partial charge is 0.457 e. The lowest BCUT2D eigenvalue weighted by molar-refractivity contribution is -0.199. The summed E-state index contributed by atoms with van der Waals surface area (Å²) in [6, 6.07) is 3.96. The van der Waals surface area contributed by atoms with Gasteiger partial charge in [0, 0.05) is 6.42 Å². The van der Waals surface area contributed by atoms with E-state index in [0.717, 1.165) is 42.6 Å². The molecule has 0 aromatic heterocycles. The lowest BCUT2D eigenvalue weighted by Gasteiger charge is -2.64. The van der Waals surface area contributed by atoms with Crippen LogP contribution in [0.1, 0.15) is 114 Å². The number of aryl methyl sites for hydroxylation is 1. The molecule has 2 aliphatic heterocycles. The minimum atomic E-state index is -0.623. The quantitative estimate of drug-likeness (QED) is 0.232. The third-order valence-corrected chi connectivity index (χ3v) is 11.5. The molecule has 7 nitrogen and oxygen atoms in total.